The fourth-order valence-electron chi connectivity index (χ4n) is 9.94. The summed E-state index contributed by atoms with van der Waals surface area (Å²) in [5.41, 5.74) is 6.16. The number of fused-ring (bicyclic) bond motifs is 12. The summed E-state index contributed by atoms with van der Waals surface area (Å²) < 4.78 is 11.6. The number of allylic oxidation sites excluding steroid dienone is 12. The van der Waals surface area contributed by atoms with E-state index < -0.39 is 0 Å². The number of hydrogen-bond donors (Lipinski definition) is 6. The molecule has 6 radical (unpaired) electrons. The summed E-state index contributed by atoms with van der Waals surface area (Å²) in [5.74, 6) is 1.50. The second-order valence-corrected chi connectivity index (χ2v) is 23.7. The average molecular weight is 2600 g/mol. The molecule has 14 rings (SSSR count). The molecule has 5 aromatic heterocycles. The van der Waals surface area contributed by atoms with Gasteiger partial charge in [-0.05, 0) is 158 Å². The molecule has 20 nitrogen and oxygen atoms in total. The van der Waals surface area contributed by atoms with E-state index in [1.165, 1.54) is 141 Å². The molecule has 0 unspecified atom stereocenters. The summed E-state index contributed by atoms with van der Waals surface area (Å²) in [5, 5.41) is 62.4. The molecular weight excluding hydrogens is 2520 g/mol. The number of rotatable bonds is 9. The van der Waals surface area contributed by atoms with E-state index in [9.17, 15) is 28.8 Å². The van der Waals surface area contributed by atoms with E-state index in [1.54, 1.807) is 43.1 Å². The van der Waals surface area contributed by atoms with Crippen molar-refractivity contribution in [3.8, 4) is 34.2 Å². The van der Waals surface area contributed by atoms with E-state index >= 15 is 0 Å². The van der Waals surface area contributed by atoms with E-state index in [1.807, 2.05) is 84.9 Å². The topological polar surface area (TPSA) is 327 Å². The molecule has 5 heterocycles. The van der Waals surface area contributed by atoms with Crippen molar-refractivity contribution in [2.75, 3.05) is 0 Å². The zero-order valence-corrected chi connectivity index (χ0v) is 77.8. The third-order valence-corrected chi connectivity index (χ3v) is 13.8. The fourth-order valence-corrected chi connectivity index (χ4v) is 9.94. The monoisotopic (exact) mass is 2600 g/mol. The van der Waals surface area contributed by atoms with Gasteiger partial charge < -0.3 is 69.4 Å². The third kappa shape index (κ3) is 35.2. The Kier molecular flexibility index (Phi) is 48.5. The van der Waals surface area contributed by atoms with Crippen LogP contribution in [-0.4, -0.2) is 95.2 Å². The molecule has 0 atom stereocenters. The van der Waals surface area contributed by atoms with Gasteiger partial charge in [0.1, 0.15) is 11.2 Å². The van der Waals surface area contributed by atoms with Gasteiger partial charge in [0.2, 0.25) is 0 Å². The van der Waals surface area contributed by atoms with Gasteiger partial charge in [-0.25, -0.2) is 28.8 Å². The standard InChI is InChI=1S/C22H10N2O2.2C18H10N2.6C5H8O2.6Ir/c1-3-7-17-14(5-1)16-11-13(9-10-19(16)25-17)22-23-12-20-21(24-22)15-6-2-4-8-18(15)26-20;1-2-5-16-13(4-1)6-7-14-12-15(8-9-17(14)16)18-19-10-3-11-20-18;1-2-5-16-13(4-1)6-7-14-8-9-15(12-17(14)16)18-19-10-3-11-20-18;6*1-4(6)3-5(2)7;;;;;;/h1-8,10,12H;1-7,9-11H;1-8,10-11H;6*3,6H,1-2H3;;;;;;/q3*-2;;;;;;;;;;;;. The summed E-state index contributed by atoms with van der Waals surface area (Å²) in [6.07, 6.45) is 15.6. The molecule has 0 fully saturated rings. The van der Waals surface area contributed by atoms with E-state index in [2.05, 4.69) is 116 Å². The van der Waals surface area contributed by atoms with Gasteiger partial charge in [-0.1, -0.05) is 102 Å². The van der Waals surface area contributed by atoms with Gasteiger partial charge in [0.25, 0.3) is 0 Å². The number of ketones is 6. The molecule has 26 heteroatoms. The Hall–Kier alpha value is -9.98. The largest absolute Gasteiger partial charge is 0.546 e. The first-order valence-corrected chi connectivity index (χ1v) is 33.2. The van der Waals surface area contributed by atoms with Crippen LogP contribution in [0.1, 0.15) is 83.1 Å². The van der Waals surface area contributed by atoms with Crippen LogP contribution in [0.15, 0.2) is 262 Å². The number of benzene rings is 9. The number of aromatic nitrogens is 6. The first-order valence-electron chi connectivity index (χ1n) is 33.2. The van der Waals surface area contributed by atoms with Crippen LogP contribution < -0.4 is 0 Å². The van der Waals surface area contributed by atoms with Gasteiger partial charge in [0.15, 0.2) is 40.3 Å². The van der Waals surface area contributed by atoms with Gasteiger partial charge in [0.05, 0.1) is 46.3 Å². The van der Waals surface area contributed by atoms with Gasteiger partial charge >= 0.3 is 0 Å². The van der Waals surface area contributed by atoms with E-state index in [0.29, 0.717) is 28.6 Å². The Morgan fingerprint density at radius 3 is 1.10 bits per heavy atom. The van der Waals surface area contributed by atoms with Gasteiger partial charge in [-0.3, -0.25) is 65.2 Å². The minimum atomic E-state index is -0.125. The van der Waals surface area contributed by atoms with Crippen LogP contribution in [-0.2, 0) is 149 Å². The Morgan fingerprint density at radius 2 is 0.649 bits per heavy atom. The van der Waals surface area contributed by atoms with E-state index in [4.69, 9.17) is 44.5 Å². The third-order valence-electron chi connectivity index (χ3n) is 13.8. The molecule has 114 heavy (non-hydrogen) atoms. The minimum Gasteiger partial charge on any atom is -0.546 e. The van der Waals surface area contributed by atoms with Crippen molar-refractivity contribution in [2.24, 2.45) is 0 Å². The Labute approximate surface area is 741 Å². The molecule has 0 saturated carbocycles. The van der Waals surface area contributed by atoms with Crippen LogP contribution in [0.25, 0.3) is 121 Å². The van der Waals surface area contributed by atoms with Crippen molar-refractivity contribution in [1.82, 2.24) is 29.9 Å². The minimum absolute atomic E-state index is 0. The molecule has 0 aliphatic rings. The average Bonchev–Trinajstić information content (AvgIpc) is 1.60. The summed E-state index contributed by atoms with van der Waals surface area (Å²) in [4.78, 5) is 86.3. The van der Waals surface area contributed by atoms with E-state index in [0.717, 1.165) is 71.1 Å². The summed E-state index contributed by atoms with van der Waals surface area (Å²) in [6.45, 7) is 17.1. The van der Waals surface area contributed by atoms with Gasteiger partial charge in [-0.2, -0.15) is 27.6 Å². The van der Waals surface area contributed by atoms with Crippen LogP contribution in [0.3, 0.4) is 0 Å². The van der Waals surface area contributed by atoms with Crippen molar-refractivity contribution < 1.29 is 189 Å². The van der Waals surface area contributed by atoms with Crippen LogP contribution in [0.4, 0.5) is 0 Å². The fraction of sp³-hybridized carbons (Fsp3) is 0.136. The normalized spacial score (nSPS) is 10.8. The molecule has 0 aliphatic carbocycles. The first-order chi connectivity index (χ1) is 51.5. The first kappa shape index (κ1) is 104. The quantitative estimate of drug-likeness (QED) is 0.0338. The number of furan rings is 2. The maximum absolute atomic E-state index is 10.0. The van der Waals surface area contributed by atoms with Gasteiger partial charge in [0, 0.05) is 187 Å². The second-order valence-electron chi connectivity index (χ2n) is 23.7. The van der Waals surface area contributed by atoms with Crippen LogP contribution in [0, 0.1) is 36.4 Å². The Balaban J connectivity index is 0.00000133. The molecule has 14 aromatic rings. The van der Waals surface area contributed by atoms with Crippen molar-refractivity contribution in [3.05, 3.63) is 290 Å². The molecule has 0 bridgehead atoms. The molecule has 6 N–H and O–H groups in total. The number of aliphatic hydroxyl groups excluding tert-OH is 6. The molecule has 0 amide bonds. The van der Waals surface area contributed by atoms with Crippen molar-refractivity contribution in [3.63, 3.8) is 0 Å². The summed E-state index contributed by atoms with van der Waals surface area (Å²) >= 11 is 0. The van der Waals surface area contributed by atoms with Crippen LogP contribution >= 0.6 is 0 Å². The molecule has 9 aromatic carbocycles. The number of hydrogen-bond acceptors (Lipinski definition) is 20. The molecular formula is C88H78Ir6N6O14-6. The van der Waals surface area contributed by atoms with Crippen molar-refractivity contribution >= 4 is 122 Å². The molecule has 604 valence electrons. The molecule has 0 spiro atoms. The maximum atomic E-state index is 10.0. The van der Waals surface area contributed by atoms with Crippen LogP contribution in [0.5, 0.6) is 0 Å². The second kappa shape index (κ2) is 53.2. The maximum Gasteiger partial charge on any atom is 0.168 e. The zero-order valence-electron chi connectivity index (χ0n) is 63.4. The number of aliphatic hydroxyl groups is 6. The van der Waals surface area contributed by atoms with Gasteiger partial charge in [-0.15, -0.1) is 11.5 Å². The number of carbonyl (C=O) groups excluding carboxylic acids is 6. The van der Waals surface area contributed by atoms with Crippen molar-refractivity contribution in [1.29, 1.82) is 0 Å². The number of nitrogens with zero attached hydrogens (tertiary/aromatic N) is 6. The Morgan fingerprint density at radius 1 is 0.307 bits per heavy atom. The number of para-hydroxylation sites is 2. The predicted molar refractivity (Wildman–Crippen MR) is 422 cm³/mol. The summed E-state index contributed by atoms with van der Waals surface area (Å²) in [6, 6.07) is 70.0. The molecule has 0 aliphatic heterocycles. The van der Waals surface area contributed by atoms with Crippen molar-refractivity contribution in [2.45, 2.75) is 83.1 Å². The predicted octanol–water partition coefficient (Wildman–Crippen LogP) is 19.9. The Bertz CT molecular complexity index is 5380. The number of carbonyl (C=O) groups is 6. The van der Waals surface area contributed by atoms with Crippen LogP contribution in [0.2, 0.25) is 0 Å². The van der Waals surface area contributed by atoms with E-state index in [-0.39, 0.29) is 190 Å². The zero-order chi connectivity index (χ0) is 79.0. The summed E-state index contributed by atoms with van der Waals surface area (Å²) in [7, 11) is 0. The smallest absolute Gasteiger partial charge is 0.168 e. The molecule has 0 saturated heterocycles. The SMILES string of the molecule is CC(=O)C=C(C)O.CC(=O)C=C(C)O.CC(=O)C=C(C)O.CC(=O)C=C(C)O.CC(=O)C=C(C)O.CC(=O)C=C(C)O.[Ir].[Ir].[Ir].[Ir].[Ir].[Ir].[c-]1cc2c([c-]c1-c1ncccn1)ccc1ccccc12.[c-]1cc2ccc3ccccc3c2[c-]c1-c1ncccn1.[c-]1cc2oc3ccccc3c2[c-]c1-c1ncc2oc3ccccc3c2n1.